The minimum absolute atomic E-state index is 0.338. The van der Waals surface area contributed by atoms with E-state index in [4.69, 9.17) is 34.8 Å². The van der Waals surface area contributed by atoms with Gasteiger partial charge < -0.3 is 4.74 Å². The van der Waals surface area contributed by atoms with Crippen LogP contribution in [0.25, 0.3) is 0 Å². The summed E-state index contributed by atoms with van der Waals surface area (Å²) in [6.45, 7) is 0.338. The van der Waals surface area contributed by atoms with Crippen molar-refractivity contribution in [2.75, 3.05) is 0 Å². The van der Waals surface area contributed by atoms with Crippen molar-refractivity contribution in [3.63, 3.8) is 0 Å². The molecule has 0 N–H and O–H groups in total. The topological polar surface area (TPSA) is 26.3 Å². The van der Waals surface area contributed by atoms with Crippen LogP contribution in [-0.4, -0.2) is 6.47 Å². The molecule has 0 aliphatic carbocycles. The van der Waals surface area contributed by atoms with E-state index in [1.807, 2.05) is 0 Å². The van der Waals surface area contributed by atoms with Gasteiger partial charge in [-0.1, -0.05) is 46.9 Å². The third-order valence-corrected chi connectivity index (χ3v) is 2.02. The predicted octanol–water partition coefficient (Wildman–Crippen LogP) is 3.05. The van der Waals surface area contributed by atoms with Gasteiger partial charge in [0.2, 0.25) is 3.79 Å². The van der Waals surface area contributed by atoms with E-state index < -0.39 is 3.79 Å². The van der Waals surface area contributed by atoms with Crippen LogP contribution in [0, 0.1) is 0 Å². The van der Waals surface area contributed by atoms with Crippen LogP contribution in [0.1, 0.15) is 5.56 Å². The molecule has 1 rings (SSSR count). The Morgan fingerprint density at radius 3 is 2.08 bits per heavy atom. The molecule has 0 saturated carbocycles. The van der Waals surface area contributed by atoms with Crippen LogP contribution in [0.4, 0.5) is 0 Å². The van der Waals surface area contributed by atoms with Crippen LogP contribution < -0.4 is 4.74 Å². The summed E-state index contributed by atoms with van der Waals surface area (Å²) in [4.78, 5) is 9.96. The number of carbonyl (C=O) groups excluding carboxylic acids is 1. The molecular weight excluding hydrogens is 234 g/mol. The highest BCUT2D eigenvalue weighted by Crippen LogP contribution is 2.38. The van der Waals surface area contributed by atoms with E-state index >= 15 is 0 Å². The molecule has 0 spiro atoms. The van der Waals surface area contributed by atoms with E-state index in [0.29, 0.717) is 17.8 Å². The maximum Gasteiger partial charge on any atom is 0.298 e. The molecule has 2 nitrogen and oxygen atoms in total. The summed E-state index contributed by atoms with van der Waals surface area (Å²) in [5, 5.41) is 0. The molecule has 0 aliphatic rings. The van der Waals surface area contributed by atoms with E-state index in [0.717, 1.165) is 0 Å². The van der Waals surface area contributed by atoms with E-state index in [2.05, 4.69) is 4.74 Å². The smallest absolute Gasteiger partial charge is 0.298 e. The third-order valence-electron chi connectivity index (χ3n) is 1.37. The second-order valence-electron chi connectivity index (χ2n) is 2.24. The summed E-state index contributed by atoms with van der Waals surface area (Å²) >= 11 is 16.8. The Bertz CT molecular complexity index is 289. The molecular formula is C8H5Cl3O2. The Hall–Kier alpha value is -0.440. The van der Waals surface area contributed by atoms with Crippen molar-refractivity contribution in [3.05, 3.63) is 29.8 Å². The summed E-state index contributed by atoms with van der Waals surface area (Å²) in [6, 6.07) is 6.24. The molecule has 0 aliphatic heterocycles. The third kappa shape index (κ3) is 3.07. The Morgan fingerprint density at radius 1 is 1.15 bits per heavy atom. The van der Waals surface area contributed by atoms with Crippen LogP contribution in [0.2, 0.25) is 0 Å². The summed E-state index contributed by atoms with van der Waals surface area (Å²) in [6.07, 6.45) is 0. The molecule has 0 unspecified atom stereocenters. The van der Waals surface area contributed by atoms with E-state index in [-0.39, 0.29) is 0 Å². The predicted molar refractivity (Wildman–Crippen MR) is 52.4 cm³/mol. The highest BCUT2D eigenvalue weighted by molar-refractivity contribution is 6.66. The first-order chi connectivity index (χ1) is 6.04. The first-order valence-corrected chi connectivity index (χ1v) is 4.45. The SMILES string of the molecule is O=COc1ccc(C(Cl)(Cl)Cl)cc1. The first-order valence-electron chi connectivity index (χ1n) is 3.31. The van der Waals surface area contributed by atoms with Gasteiger partial charge in [0, 0.05) is 5.56 Å². The lowest BCUT2D eigenvalue weighted by atomic mass is 10.2. The van der Waals surface area contributed by atoms with Crippen LogP contribution in [-0.2, 0) is 8.59 Å². The monoisotopic (exact) mass is 238 g/mol. The molecule has 0 amide bonds. The molecule has 0 bridgehead atoms. The van der Waals surface area contributed by atoms with E-state index in [1.165, 1.54) is 0 Å². The fourth-order valence-electron chi connectivity index (χ4n) is 0.778. The van der Waals surface area contributed by atoms with Crippen LogP contribution in [0.15, 0.2) is 24.3 Å². The zero-order valence-electron chi connectivity index (χ0n) is 6.34. The maximum atomic E-state index is 9.96. The molecule has 1 aromatic carbocycles. The van der Waals surface area contributed by atoms with Gasteiger partial charge in [-0.3, -0.25) is 4.79 Å². The second kappa shape index (κ2) is 4.18. The van der Waals surface area contributed by atoms with Crippen LogP contribution in [0.5, 0.6) is 5.75 Å². The van der Waals surface area contributed by atoms with E-state index in [1.54, 1.807) is 24.3 Å². The quantitative estimate of drug-likeness (QED) is 0.586. The average Bonchev–Trinajstić information content (AvgIpc) is 2.04. The van der Waals surface area contributed by atoms with Gasteiger partial charge in [0.05, 0.1) is 0 Å². The second-order valence-corrected chi connectivity index (χ2v) is 4.52. The molecule has 5 heteroatoms. The largest absolute Gasteiger partial charge is 0.429 e. The lowest BCUT2D eigenvalue weighted by Crippen LogP contribution is -1.99. The zero-order valence-corrected chi connectivity index (χ0v) is 8.60. The van der Waals surface area contributed by atoms with Crippen molar-refractivity contribution in [1.82, 2.24) is 0 Å². The van der Waals surface area contributed by atoms with Gasteiger partial charge in [0.1, 0.15) is 5.75 Å². The number of rotatable bonds is 2. The molecule has 0 fully saturated rings. The van der Waals surface area contributed by atoms with Gasteiger partial charge >= 0.3 is 0 Å². The molecule has 0 atom stereocenters. The number of halogens is 3. The zero-order chi connectivity index (χ0) is 9.90. The fourth-order valence-corrected chi connectivity index (χ4v) is 1.16. The number of benzene rings is 1. The van der Waals surface area contributed by atoms with Gasteiger partial charge in [-0.15, -0.1) is 0 Å². The lowest BCUT2D eigenvalue weighted by Gasteiger charge is -2.10. The highest BCUT2D eigenvalue weighted by Gasteiger charge is 2.22. The normalized spacial score (nSPS) is 11.0. The number of alkyl halides is 3. The van der Waals surface area contributed by atoms with Crippen molar-refractivity contribution in [1.29, 1.82) is 0 Å². The van der Waals surface area contributed by atoms with Gasteiger partial charge in [0.15, 0.2) is 0 Å². The fraction of sp³-hybridized carbons (Fsp3) is 0.125. The van der Waals surface area contributed by atoms with Crippen LogP contribution >= 0.6 is 34.8 Å². The Balaban J connectivity index is 2.87. The standard InChI is InChI=1S/C8H5Cl3O2/c9-8(10,11)6-1-3-7(4-2-6)13-5-12/h1-5H. The molecule has 1 aromatic rings. The van der Waals surface area contributed by atoms with Gasteiger partial charge in [-0.25, -0.2) is 0 Å². The molecule has 13 heavy (non-hydrogen) atoms. The number of carbonyl (C=O) groups is 1. The molecule has 0 radical (unpaired) electrons. The van der Waals surface area contributed by atoms with Crippen LogP contribution in [0.3, 0.4) is 0 Å². The van der Waals surface area contributed by atoms with Gasteiger partial charge in [-0.05, 0) is 12.1 Å². The molecule has 0 saturated heterocycles. The van der Waals surface area contributed by atoms with Crippen molar-refractivity contribution in [2.45, 2.75) is 3.79 Å². The number of ether oxygens (including phenoxy) is 1. The van der Waals surface area contributed by atoms with Gasteiger partial charge in [-0.2, -0.15) is 0 Å². The number of hydrogen-bond acceptors (Lipinski definition) is 2. The van der Waals surface area contributed by atoms with Crippen molar-refractivity contribution in [3.8, 4) is 5.75 Å². The van der Waals surface area contributed by atoms with Crippen molar-refractivity contribution < 1.29 is 9.53 Å². The minimum atomic E-state index is -1.44. The Labute approximate surface area is 90.3 Å². The van der Waals surface area contributed by atoms with Gasteiger partial charge in [0.25, 0.3) is 6.47 Å². The van der Waals surface area contributed by atoms with Crippen molar-refractivity contribution in [2.24, 2.45) is 0 Å². The van der Waals surface area contributed by atoms with E-state index in [9.17, 15) is 4.79 Å². The highest BCUT2D eigenvalue weighted by atomic mass is 35.6. The Kier molecular flexibility index (Phi) is 3.42. The average molecular weight is 239 g/mol. The lowest BCUT2D eigenvalue weighted by molar-refractivity contribution is -0.120. The summed E-state index contributed by atoms with van der Waals surface area (Å²) in [7, 11) is 0. The molecule has 70 valence electrons. The summed E-state index contributed by atoms with van der Waals surface area (Å²) in [5.74, 6) is 0.410. The number of hydrogen-bond donors (Lipinski definition) is 0. The molecule has 0 heterocycles. The maximum absolute atomic E-state index is 9.96. The minimum Gasteiger partial charge on any atom is -0.429 e. The molecule has 0 aromatic heterocycles. The van der Waals surface area contributed by atoms with Crippen molar-refractivity contribution >= 4 is 41.3 Å². The summed E-state index contributed by atoms with van der Waals surface area (Å²) in [5.41, 5.74) is 0.524. The Morgan fingerprint density at radius 2 is 1.69 bits per heavy atom. The first kappa shape index (κ1) is 10.6. The summed E-state index contributed by atoms with van der Waals surface area (Å²) < 4.78 is 3.12.